The fourth-order valence-electron chi connectivity index (χ4n) is 2.99. The summed E-state index contributed by atoms with van der Waals surface area (Å²) in [5.74, 6) is -1.05. The molecular formula is C22H23FN4O2. The first-order valence-corrected chi connectivity index (χ1v) is 9.37. The van der Waals surface area contributed by atoms with E-state index < -0.39 is 17.2 Å². The molecule has 0 aliphatic carbocycles. The van der Waals surface area contributed by atoms with Crippen molar-refractivity contribution in [2.45, 2.75) is 13.3 Å². The molecule has 0 saturated carbocycles. The van der Waals surface area contributed by atoms with Crippen LogP contribution in [0.5, 0.6) is 0 Å². The van der Waals surface area contributed by atoms with Gasteiger partial charge in [0.25, 0.3) is 5.91 Å². The third kappa shape index (κ3) is 4.87. The van der Waals surface area contributed by atoms with E-state index in [1.165, 1.54) is 16.8 Å². The number of anilines is 1. The number of nitrogens with zero attached hydrogens (tertiary/aromatic N) is 3. The molecule has 6 nitrogen and oxygen atoms in total. The van der Waals surface area contributed by atoms with Gasteiger partial charge in [0.05, 0.1) is 0 Å². The molecule has 0 bridgehead atoms. The Bertz CT molecular complexity index is 1050. The van der Waals surface area contributed by atoms with Gasteiger partial charge in [0.2, 0.25) is 5.43 Å². The minimum Gasteiger partial charge on any atom is -0.375 e. The number of hydrogen-bond acceptors (Lipinski definition) is 4. The topological polar surface area (TPSA) is 67.2 Å². The van der Waals surface area contributed by atoms with E-state index in [9.17, 15) is 14.0 Å². The van der Waals surface area contributed by atoms with E-state index in [2.05, 4.69) is 15.3 Å². The Morgan fingerprint density at radius 2 is 1.83 bits per heavy atom. The lowest BCUT2D eigenvalue weighted by Crippen LogP contribution is -2.33. The van der Waals surface area contributed by atoms with Gasteiger partial charge in [-0.1, -0.05) is 30.3 Å². The molecule has 0 radical (unpaired) electrons. The van der Waals surface area contributed by atoms with Crippen molar-refractivity contribution in [1.29, 1.82) is 0 Å². The molecule has 0 fully saturated rings. The molecule has 0 aliphatic rings. The summed E-state index contributed by atoms with van der Waals surface area (Å²) >= 11 is 0. The third-order valence-corrected chi connectivity index (χ3v) is 4.56. The largest absolute Gasteiger partial charge is 0.375 e. The van der Waals surface area contributed by atoms with E-state index in [4.69, 9.17) is 0 Å². The van der Waals surface area contributed by atoms with Gasteiger partial charge in [0.15, 0.2) is 5.69 Å². The highest BCUT2D eigenvalue weighted by atomic mass is 19.1. The summed E-state index contributed by atoms with van der Waals surface area (Å²) in [5.41, 5.74) is 0.973. The summed E-state index contributed by atoms with van der Waals surface area (Å²) in [4.78, 5) is 26.8. The highest BCUT2D eigenvalue weighted by molar-refractivity contribution is 5.92. The van der Waals surface area contributed by atoms with E-state index in [1.807, 2.05) is 37.4 Å². The second-order valence-electron chi connectivity index (χ2n) is 6.73. The molecule has 0 atom stereocenters. The molecule has 1 amide bonds. The number of rotatable bonds is 7. The predicted molar refractivity (Wildman–Crippen MR) is 111 cm³/mol. The summed E-state index contributed by atoms with van der Waals surface area (Å²) in [6.07, 6.45) is 0.699. The van der Waals surface area contributed by atoms with E-state index in [0.29, 0.717) is 18.7 Å². The van der Waals surface area contributed by atoms with Crippen molar-refractivity contribution in [3.8, 4) is 5.69 Å². The van der Waals surface area contributed by atoms with Gasteiger partial charge in [-0.05, 0) is 37.6 Å². The van der Waals surface area contributed by atoms with Gasteiger partial charge in [0.1, 0.15) is 11.5 Å². The molecule has 150 valence electrons. The Morgan fingerprint density at radius 3 is 2.55 bits per heavy atom. The van der Waals surface area contributed by atoms with Crippen LogP contribution >= 0.6 is 0 Å². The maximum atomic E-state index is 14.1. The number of para-hydroxylation sites is 2. The van der Waals surface area contributed by atoms with E-state index in [-0.39, 0.29) is 11.4 Å². The van der Waals surface area contributed by atoms with Crippen LogP contribution in [0.3, 0.4) is 0 Å². The highest BCUT2D eigenvalue weighted by Gasteiger charge is 2.16. The smallest absolute Gasteiger partial charge is 0.275 e. The van der Waals surface area contributed by atoms with Gasteiger partial charge < -0.3 is 10.2 Å². The Labute approximate surface area is 168 Å². The van der Waals surface area contributed by atoms with Crippen LogP contribution in [0, 0.1) is 12.7 Å². The van der Waals surface area contributed by atoms with E-state index >= 15 is 0 Å². The number of nitrogens with one attached hydrogen (secondary N) is 1. The van der Waals surface area contributed by atoms with Crippen LogP contribution in [0.15, 0.2) is 65.5 Å². The number of carbonyl (C=O) groups is 1. The molecule has 1 aromatic heterocycles. The molecule has 3 aromatic rings. The summed E-state index contributed by atoms with van der Waals surface area (Å²) in [5, 5.41) is 6.83. The van der Waals surface area contributed by atoms with Gasteiger partial charge in [-0.15, -0.1) is 0 Å². The number of benzene rings is 2. The zero-order valence-electron chi connectivity index (χ0n) is 16.4. The Kier molecular flexibility index (Phi) is 6.39. The number of aromatic nitrogens is 2. The second kappa shape index (κ2) is 9.14. The van der Waals surface area contributed by atoms with Crippen molar-refractivity contribution < 1.29 is 9.18 Å². The molecule has 0 saturated heterocycles. The quantitative estimate of drug-likeness (QED) is 0.626. The molecule has 1 heterocycles. The molecule has 3 rings (SSSR count). The van der Waals surface area contributed by atoms with Crippen LogP contribution in [0.2, 0.25) is 0 Å². The van der Waals surface area contributed by atoms with Crippen LogP contribution in [-0.4, -0.2) is 35.8 Å². The van der Waals surface area contributed by atoms with E-state index in [0.717, 1.165) is 12.2 Å². The molecule has 0 aliphatic heterocycles. The van der Waals surface area contributed by atoms with Crippen LogP contribution in [0.25, 0.3) is 5.69 Å². The summed E-state index contributed by atoms with van der Waals surface area (Å²) in [7, 11) is 1.98. The van der Waals surface area contributed by atoms with Crippen molar-refractivity contribution in [2.24, 2.45) is 0 Å². The Hall–Kier alpha value is -3.48. The fraction of sp³-hybridized carbons (Fsp3) is 0.227. The normalized spacial score (nSPS) is 10.6. The van der Waals surface area contributed by atoms with Crippen LogP contribution < -0.4 is 15.6 Å². The standard InChI is InChI=1S/C22H23FN4O2/c1-16-15-20(28)21(25-27(16)19-12-7-6-11-18(19)23)22(29)24-13-8-14-26(2)17-9-4-3-5-10-17/h3-7,9-12,15H,8,13-14H2,1-2H3,(H,24,29). The predicted octanol–water partition coefficient (Wildman–Crippen LogP) is 2.94. The van der Waals surface area contributed by atoms with Gasteiger partial charge in [-0.3, -0.25) is 9.59 Å². The van der Waals surface area contributed by atoms with Crippen molar-refractivity contribution in [3.05, 3.63) is 88.1 Å². The van der Waals surface area contributed by atoms with Crippen molar-refractivity contribution in [2.75, 3.05) is 25.0 Å². The summed E-state index contributed by atoms with van der Waals surface area (Å²) < 4.78 is 15.4. The first-order chi connectivity index (χ1) is 14.0. The zero-order chi connectivity index (χ0) is 20.8. The average Bonchev–Trinajstić information content (AvgIpc) is 2.72. The number of carbonyl (C=O) groups excluding carboxylic acids is 1. The fourth-order valence-corrected chi connectivity index (χ4v) is 2.99. The van der Waals surface area contributed by atoms with E-state index in [1.54, 1.807) is 25.1 Å². The molecule has 0 spiro atoms. The number of amides is 1. The SMILES string of the molecule is Cc1cc(=O)c(C(=O)NCCCN(C)c2ccccc2)nn1-c1ccccc1F. The summed E-state index contributed by atoms with van der Waals surface area (Å²) in [6.45, 7) is 2.78. The van der Waals surface area contributed by atoms with Crippen molar-refractivity contribution >= 4 is 11.6 Å². The number of hydrogen-bond donors (Lipinski definition) is 1. The van der Waals surface area contributed by atoms with Gasteiger partial charge >= 0.3 is 0 Å². The zero-order valence-corrected chi connectivity index (χ0v) is 16.4. The molecule has 7 heteroatoms. The minimum absolute atomic E-state index is 0.184. The first-order valence-electron chi connectivity index (χ1n) is 9.37. The van der Waals surface area contributed by atoms with Crippen molar-refractivity contribution in [3.63, 3.8) is 0 Å². The highest BCUT2D eigenvalue weighted by Crippen LogP contribution is 2.13. The van der Waals surface area contributed by atoms with Crippen LogP contribution in [-0.2, 0) is 0 Å². The lowest BCUT2D eigenvalue weighted by molar-refractivity contribution is 0.0945. The molecule has 2 aromatic carbocycles. The Balaban J connectivity index is 1.66. The monoisotopic (exact) mass is 394 g/mol. The molecule has 1 N–H and O–H groups in total. The molecular weight excluding hydrogens is 371 g/mol. The summed E-state index contributed by atoms with van der Waals surface area (Å²) in [6, 6.07) is 17.3. The minimum atomic E-state index is -0.567. The number of aryl methyl sites for hydroxylation is 1. The van der Waals surface area contributed by atoms with Crippen LogP contribution in [0.1, 0.15) is 22.6 Å². The van der Waals surface area contributed by atoms with Gasteiger partial charge in [0, 0.05) is 37.6 Å². The molecule has 0 unspecified atom stereocenters. The van der Waals surface area contributed by atoms with Gasteiger partial charge in [-0.25, -0.2) is 9.07 Å². The maximum Gasteiger partial charge on any atom is 0.275 e. The second-order valence-corrected chi connectivity index (χ2v) is 6.73. The third-order valence-electron chi connectivity index (χ3n) is 4.56. The van der Waals surface area contributed by atoms with Gasteiger partial charge in [-0.2, -0.15) is 5.10 Å². The maximum absolute atomic E-state index is 14.1. The Morgan fingerprint density at radius 1 is 1.14 bits per heavy atom. The molecule has 29 heavy (non-hydrogen) atoms. The number of halogens is 1. The average molecular weight is 394 g/mol. The first kappa shape index (κ1) is 20.3. The lowest BCUT2D eigenvalue weighted by Gasteiger charge is -2.19. The lowest BCUT2D eigenvalue weighted by atomic mass is 10.2. The van der Waals surface area contributed by atoms with Crippen molar-refractivity contribution in [1.82, 2.24) is 15.1 Å². The van der Waals surface area contributed by atoms with Crippen LogP contribution in [0.4, 0.5) is 10.1 Å².